The van der Waals surface area contributed by atoms with E-state index in [0.29, 0.717) is 13.2 Å². The van der Waals surface area contributed by atoms with Gasteiger partial charge in [0.1, 0.15) is 25.9 Å². The third-order valence-electron chi connectivity index (χ3n) is 7.91. The molecule has 0 radical (unpaired) electrons. The topological polar surface area (TPSA) is 54.0 Å². The van der Waals surface area contributed by atoms with Gasteiger partial charge in [0, 0.05) is 13.7 Å². The number of carbonyl (C=O) groups is 1. The van der Waals surface area contributed by atoms with Crippen molar-refractivity contribution in [3.63, 3.8) is 0 Å². The molecule has 0 aliphatic carbocycles. The lowest BCUT2D eigenvalue weighted by atomic mass is 10.0. The Morgan fingerprint density at radius 1 is 0.676 bits per heavy atom. The highest BCUT2D eigenvalue weighted by Crippen LogP contribution is 2.16. The van der Waals surface area contributed by atoms with Gasteiger partial charge in [-0.2, -0.15) is 0 Å². The minimum Gasteiger partial charge on any atom is -0.431 e. The molecule has 0 unspecified atom stereocenters. The van der Waals surface area contributed by atoms with Crippen molar-refractivity contribution in [1.82, 2.24) is 0 Å². The number of methoxy groups -OCH3 is 1. The van der Waals surface area contributed by atoms with Gasteiger partial charge in [-0.05, 0) is 25.7 Å². The maximum Gasteiger partial charge on any atom is 0.508 e. The van der Waals surface area contributed by atoms with Crippen molar-refractivity contribution < 1.29 is 28.2 Å². The summed E-state index contributed by atoms with van der Waals surface area (Å²) >= 11 is 0. The third kappa shape index (κ3) is 20.7. The molecule has 1 saturated heterocycles. The molecule has 0 bridgehead atoms. The number of hydrogen-bond donors (Lipinski definition) is 0. The Morgan fingerprint density at radius 3 is 1.70 bits per heavy atom. The molecule has 1 fully saturated rings. The van der Waals surface area contributed by atoms with Crippen molar-refractivity contribution in [2.24, 2.45) is 0 Å². The number of nitrogens with zero attached hydrogens (tertiary/aromatic N) is 1. The van der Waals surface area contributed by atoms with Crippen LogP contribution in [-0.4, -0.2) is 77.0 Å². The van der Waals surface area contributed by atoms with Gasteiger partial charge < -0.3 is 23.4 Å². The standard InChI is InChI=1S/C31H62NO5/c1-4-5-6-7-8-9-10-11-12-13-14-15-16-17-18-22-26-35-28-30(34-3)29-37-31(33)36-27-25-32(2)23-20-19-21-24-32/h30H,4-29H2,1-3H3/q+1/t30-/m0/s1. The quantitative estimate of drug-likeness (QED) is 0.0681. The molecule has 0 N–H and O–H groups in total. The average molecular weight is 529 g/mol. The summed E-state index contributed by atoms with van der Waals surface area (Å²) < 4.78 is 22.6. The maximum atomic E-state index is 11.9. The number of ether oxygens (including phenoxy) is 4. The van der Waals surface area contributed by atoms with Gasteiger partial charge in [-0.15, -0.1) is 0 Å². The molecular weight excluding hydrogens is 466 g/mol. The Balaban J connectivity index is 1.84. The minimum atomic E-state index is -0.608. The fourth-order valence-corrected chi connectivity index (χ4v) is 5.20. The summed E-state index contributed by atoms with van der Waals surface area (Å²) in [5.74, 6) is 0. The van der Waals surface area contributed by atoms with Crippen molar-refractivity contribution in [1.29, 1.82) is 0 Å². The fourth-order valence-electron chi connectivity index (χ4n) is 5.20. The molecule has 6 nitrogen and oxygen atoms in total. The SMILES string of the molecule is CCCCCCCCCCCCCCCCCCOC[C@@H](COC(=O)OCC[N+]1(C)CCCCC1)OC. The molecule has 1 atom stereocenters. The predicted octanol–water partition coefficient (Wildman–Crippen LogP) is 8.06. The van der Waals surface area contributed by atoms with E-state index in [1.807, 2.05) is 0 Å². The first-order chi connectivity index (χ1) is 18.1. The second-order valence-corrected chi connectivity index (χ2v) is 11.5. The molecule has 6 heteroatoms. The van der Waals surface area contributed by atoms with E-state index in [2.05, 4.69) is 14.0 Å². The largest absolute Gasteiger partial charge is 0.508 e. The zero-order valence-corrected chi connectivity index (χ0v) is 25.0. The lowest BCUT2D eigenvalue weighted by molar-refractivity contribution is -0.914. The monoisotopic (exact) mass is 528 g/mol. The van der Waals surface area contributed by atoms with Gasteiger partial charge in [-0.3, -0.25) is 0 Å². The molecule has 37 heavy (non-hydrogen) atoms. The van der Waals surface area contributed by atoms with E-state index in [-0.39, 0.29) is 12.7 Å². The highest BCUT2D eigenvalue weighted by atomic mass is 16.7. The smallest absolute Gasteiger partial charge is 0.431 e. The minimum absolute atomic E-state index is 0.167. The lowest BCUT2D eigenvalue weighted by Gasteiger charge is -2.37. The fraction of sp³-hybridized carbons (Fsp3) is 0.968. The van der Waals surface area contributed by atoms with E-state index in [4.69, 9.17) is 18.9 Å². The molecule has 1 rings (SSSR count). The second kappa shape index (κ2) is 24.2. The Morgan fingerprint density at radius 2 is 1.19 bits per heavy atom. The summed E-state index contributed by atoms with van der Waals surface area (Å²) in [6, 6.07) is 0. The van der Waals surface area contributed by atoms with Gasteiger partial charge in [0.05, 0.1) is 26.7 Å². The highest BCUT2D eigenvalue weighted by molar-refractivity contribution is 5.59. The summed E-state index contributed by atoms with van der Waals surface area (Å²) in [7, 11) is 3.87. The van der Waals surface area contributed by atoms with E-state index in [1.165, 1.54) is 129 Å². The van der Waals surface area contributed by atoms with Gasteiger partial charge >= 0.3 is 6.16 Å². The number of rotatable bonds is 25. The van der Waals surface area contributed by atoms with Crippen LogP contribution in [-0.2, 0) is 18.9 Å². The van der Waals surface area contributed by atoms with Crippen molar-refractivity contribution in [3.05, 3.63) is 0 Å². The van der Waals surface area contributed by atoms with Crippen LogP contribution in [0.3, 0.4) is 0 Å². The van der Waals surface area contributed by atoms with Gasteiger partial charge in [-0.1, -0.05) is 103 Å². The molecule has 0 aromatic carbocycles. The van der Waals surface area contributed by atoms with Crippen LogP contribution in [0, 0.1) is 0 Å². The molecule has 1 aliphatic heterocycles. The predicted molar refractivity (Wildman–Crippen MR) is 153 cm³/mol. The summed E-state index contributed by atoms with van der Waals surface area (Å²) in [4.78, 5) is 11.9. The molecule has 0 aromatic rings. The Bertz CT molecular complexity index is 510. The summed E-state index contributed by atoms with van der Waals surface area (Å²) in [5.41, 5.74) is 0. The number of quaternary nitrogens is 1. The molecule has 1 heterocycles. The zero-order valence-electron chi connectivity index (χ0n) is 25.0. The summed E-state index contributed by atoms with van der Waals surface area (Å²) in [6.45, 7) is 7.22. The van der Waals surface area contributed by atoms with E-state index < -0.39 is 6.16 Å². The van der Waals surface area contributed by atoms with Gasteiger partial charge in [-0.25, -0.2) is 4.79 Å². The number of carbonyl (C=O) groups excluding carboxylic acids is 1. The van der Waals surface area contributed by atoms with Crippen molar-refractivity contribution in [2.75, 3.05) is 60.2 Å². The van der Waals surface area contributed by atoms with Crippen LogP contribution in [0.25, 0.3) is 0 Å². The number of likely N-dealkylation sites (N-methyl/N-ethyl adjacent to an activating group) is 1. The van der Waals surface area contributed by atoms with E-state index in [1.54, 1.807) is 7.11 Å². The normalized spacial score (nSPS) is 16.0. The Labute approximate surface area is 229 Å². The lowest BCUT2D eigenvalue weighted by Crippen LogP contribution is -2.49. The van der Waals surface area contributed by atoms with E-state index >= 15 is 0 Å². The first-order valence-corrected chi connectivity index (χ1v) is 15.8. The molecule has 0 saturated carbocycles. The average Bonchev–Trinajstić information content (AvgIpc) is 2.90. The van der Waals surface area contributed by atoms with E-state index in [0.717, 1.165) is 24.1 Å². The highest BCUT2D eigenvalue weighted by Gasteiger charge is 2.25. The Hall–Kier alpha value is -0.850. The van der Waals surface area contributed by atoms with Crippen LogP contribution >= 0.6 is 0 Å². The molecular formula is C31H62NO5+. The zero-order chi connectivity index (χ0) is 26.9. The number of unbranched alkanes of at least 4 members (excludes halogenated alkanes) is 15. The van der Waals surface area contributed by atoms with Gasteiger partial charge in [0.15, 0.2) is 0 Å². The van der Waals surface area contributed by atoms with Crippen LogP contribution in [0.1, 0.15) is 129 Å². The summed E-state index contributed by atoms with van der Waals surface area (Å²) in [5, 5.41) is 0. The third-order valence-corrected chi connectivity index (χ3v) is 7.91. The van der Waals surface area contributed by atoms with Crippen LogP contribution in [0.4, 0.5) is 4.79 Å². The summed E-state index contributed by atoms with van der Waals surface area (Å²) in [6.07, 6.45) is 24.9. The maximum absolute atomic E-state index is 11.9. The van der Waals surface area contributed by atoms with Crippen molar-refractivity contribution >= 4 is 6.16 Å². The first kappa shape index (κ1) is 34.2. The molecule has 220 valence electrons. The number of likely N-dealkylation sites (tertiary alicyclic amines) is 1. The first-order valence-electron chi connectivity index (χ1n) is 15.8. The molecule has 1 aliphatic rings. The van der Waals surface area contributed by atoms with Crippen LogP contribution < -0.4 is 0 Å². The Kier molecular flexibility index (Phi) is 22.4. The molecule has 0 aromatic heterocycles. The number of piperidine rings is 1. The number of hydrogen-bond acceptors (Lipinski definition) is 5. The van der Waals surface area contributed by atoms with Gasteiger partial charge in [0.25, 0.3) is 0 Å². The van der Waals surface area contributed by atoms with Gasteiger partial charge in [0.2, 0.25) is 0 Å². The van der Waals surface area contributed by atoms with Crippen LogP contribution in [0.5, 0.6) is 0 Å². The van der Waals surface area contributed by atoms with Crippen LogP contribution in [0.15, 0.2) is 0 Å². The molecule has 0 spiro atoms. The van der Waals surface area contributed by atoms with E-state index in [9.17, 15) is 4.79 Å². The van der Waals surface area contributed by atoms with Crippen molar-refractivity contribution in [3.8, 4) is 0 Å². The second-order valence-electron chi connectivity index (χ2n) is 11.5. The molecule has 0 amide bonds. The van der Waals surface area contributed by atoms with Crippen LogP contribution in [0.2, 0.25) is 0 Å². The van der Waals surface area contributed by atoms with Crippen molar-refractivity contribution in [2.45, 2.75) is 135 Å².